The lowest BCUT2D eigenvalue weighted by atomic mass is 10.3. The molecule has 0 amide bonds. The molecule has 0 radical (unpaired) electrons. The zero-order valence-electron chi connectivity index (χ0n) is 9.23. The highest BCUT2D eigenvalue weighted by Crippen LogP contribution is 2.37. The van der Waals surface area contributed by atoms with Gasteiger partial charge in [0, 0.05) is 6.42 Å². The number of hydrogen-bond donors (Lipinski definition) is 1. The lowest BCUT2D eigenvalue weighted by Gasteiger charge is -2.14. The standard InChI is InChI=1S/C10H11Cl2NO4S/c11-9-7(17-6-3-4-16-5-6)1-2-8(10(9)12)18(13,14)15/h1-2,6H,3-5H2,(H2,13,14,15). The van der Waals surface area contributed by atoms with Crippen LogP contribution in [-0.4, -0.2) is 27.7 Å². The molecule has 18 heavy (non-hydrogen) atoms. The van der Waals surface area contributed by atoms with Crippen LogP contribution in [0.25, 0.3) is 0 Å². The third kappa shape index (κ3) is 2.89. The average molecular weight is 312 g/mol. The Morgan fingerprint density at radius 3 is 2.61 bits per heavy atom. The van der Waals surface area contributed by atoms with Gasteiger partial charge in [-0.15, -0.1) is 0 Å². The summed E-state index contributed by atoms with van der Waals surface area (Å²) in [5.74, 6) is 0.324. The van der Waals surface area contributed by atoms with E-state index in [0.717, 1.165) is 6.42 Å². The van der Waals surface area contributed by atoms with Crippen molar-refractivity contribution in [1.82, 2.24) is 0 Å². The van der Waals surface area contributed by atoms with Crippen LogP contribution in [0, 0.1) is 0 Å². The molecule has 0 spiro atoms. The van der Waals surface area contributed by atoms with Gasteiger partial charge in [0.15, 0.2) is 0 Å². The largest absolute Gasteiger partial charge is 0.486 e. The van der Waals surface area contributed by atoms with Gasteiger partial charge >= 0.3 is 0 Å². The van der Waals surface area contributed by atoms with Crippen molar-refractivity contribution in [3.8, 4) is 5.75 Å². The molecule has 100 valence electrons. The molecule has 1 unspecified atom stereocenters. The lowest BCUT2D eigenvalue weighted by molar-refractivity contribution is 0.141. The van der Waals surface area contributed by atoms with Crippen molar-refractivity contribution in [3.63, 3.8) is 0 Å². The van der Waals surface area contributed by atoms with Gasteiger partial charge < -0.3 is 9.47 Å². The van der Waals surface area contributed by atoms with Crippen molar-refractivity contribution >= 4 is 33.2 Å². The maximum Gasteiger partial charge on any atom is 0.239 e. The van der Waals surface area contributed by atoms with E-state index in [-0.39, 0.29) is 21.0 Å². The Morgan fingerprint density at radius 1 is 1.33 bits per heavy atom. The Balaban J connectivity index is 2.31. The molecule has 1 aliphatic rings. The molecular weight excluding hydrogens is 301 g/mol. The van der Waals surface area contributed by atoms with Gasteiger partial charge in [-0.2, -0.15) is 0 Å². The maximum atomic E-state index is 11.2. The van der Waals surface area contributed by atoms with Crippen molar-refractivity contribution in [3.05, 3.63) is 22.2 Å². The van der Waals surface area contributed by atoms with Crippen LogP contribution in [0.3, 0.4) is 0 Å². The average Bonchev–Trinajstić information content (AvgIpc) is 2.76. The van der Waals surface area contributed by atoms with Crippen LogP contribution >= 0.6 is 23.2 Å². The van der Waals surface area contributed by atoms with E-state index >= 15 is 0 Å². The first-order valence-electron chi connectivity index (χ1n) is 5.15. The van der Waals surface area contributed by atoms with Gasteiger partial charge in [-0.25, -0.2) is 13.6 Å². The summed E-state index contributed by atoms with van der Waals surface area (Å²) in [6, 6.07) is 2.71. The molecule has 1 aromatic carbocycles. The van der Waals surface area contributed by atoms with E-state index in [9.17, 15) is 8.42 Å². The number of hydrogen-bond acceptors (Lipinski definition) is 4. The van der Waals surface area contributed by atoms with Gasteiger partial charge in [0.1, 0.15) is 21.8 Å². The predicted octanol–water partition coefficient (Wildman–Crippen LogP) is 1.81. The SMILES string of the molecule is NS(=O)(=O)c1ccc(OC2CCOC2)c(Cl)c1Cl. The highest BCUT2D eigenvalue weighted by Gasteiger charge is 2.22. The van der Waals surface area contributed by atoms with Gasteiger partial charge in [-0.1, -0.05) is 23.2 Å². The van der Waals surface area contributed by atoms with E-state index in [1.165, 1.54) is 12.1 Å². The quantitative estimate of drug-likeness (QED) is 0.923. The fraction of sp³-hybridized carbons (Fsp3) is 0.400. The van der Waals surface area contributed by atoms with Crippen molar-refractivity contribution in [2.24, 2.45) is 5.14 Å². The zero-order valence-corrected chi connectivity index (χ0v) is 11.6. The number of primary sulfonamides is 1. The molecule has 0 saturated carbocycles. The first kappa shape index (κ1) is 13.9. The van der Waals surface area contributed by atoms with E-state index in [0.29, 0.717) is 19.0 Å². The first-order chi connectivity index (χ1) is 8.39. The molecule has 0 bridgehead atoms. The molecule has 0 aromatic heterocycles. The second-order valence-electron chi connectivity index (χ2n) is 3.84. The highest BCUT2D eigenvalue weighted by atomic mass is 35.5. The van der Waals surface area contributed by atoms with Crippen LogP contribution in [0.2, 0.25) is 10.0 Å². The Morgan fingerprint density at radius 2 is 2.06 bits per heavy atom. The molecule has 1 aromatic rings. The molecule has 1 aliphatic heterocycles. The van der Waals surface area contributed by atoms with Crippen LogP contribution in [0.1, 0.15) is 6.42 Å². The second-order valence-corrected chi connectivity index (χ2v) is 6.12. The Hall–Kier alpha value is -0.530. The summed E-state index contributed by atoms with van der Waals surface area (Å²) < 4.78 is 33.2. The summed E-state index contributed by atoms with van der Waals surface area (Å²) in [6.07, 6.45) is 0.657. The number of sulfonamides is 1. The molecule has 5 nitrogen and oxygen atoms in total. The normalized spacial score (nSPS) is 20.1. The van der Waals surface area contributed by atoms with Gasteiger partial charge in [0.2, 0.25) is 10.0 Å². The minimum atomic E-state index is -3.90. The monoisotopic (exact) mass is 311 g/mol. The molecular formula is C10H11Cl2NO4S. The van der Waals surface area contributed by atoms with Gasteiger partial charge in [0.25, 0.3) is 0 Å². The van der Waals surface area contributed by atoms with Gasteiger partial charge in [-0.3, -0.25) is 0 Å². The van der Waals surface area contributed by atoms with E-state index in [4.69, 9.17) is 37.8 Å². The molecule has 2 rings (SSSR count). The summed E-state index contributed by atoms with van der Waals surface area (Å²) in [7, 11) is -3.90. The summed E-state index contributed by atoms with van der Waals surface area (Å²) in [5.41, 5.74) is 0. The smallest absolute Gasteiger partial charge is 0.239 e. The number of halogens is 2. The highest BCUT2D eigenvalue weighted by molar-refractivity contribution is 7.89. The molecule has 8 heteroatoms. The van der Waals surface area contributed by atoms with Crippen LogP contribution in [0.5, 0.6) is 5.75 Å². The summed E-state index contributed by atoms with van der Waals surface area (Å²) in [6.45, 7) is 1.11. The molecule has 2 N–H and O–H groups in total. The minimum absolute atomic E-state index is 0.0371. The van der Waals surface area contributed by atoms with Crippen molar-refractivity contribution in [2.45, 2.75) is 17.4 Å². The van der Waals surface area contributed by atoms with Gasteiger partial charge in [0.05, 0.1) is 18.2 Å². The summed E-state index contributed by atoms with van der Waals surface area (Å²) in [4.78, 5) is -0.218. The Kier molecular flexibility index (Phi) is 4.03. The number of rotatable bonds is 3. The van der Waals surface area contributed by atoms with Crippen molar-refractivity contribution in [1.29, 1.82) is 0 Å². The minimum Gasteiger partial charge on any atom is -0.486 e. The van der Waals surface area contributed by atoms with Crippen molar-refractivity contribution in [2.75, 3.05) is 13.2 Å². The molecule has 0 aliphatic carbocycles. The number of benzene rings is 1. The fourth-order valence-corrected chi connectivity index (χ4v) is 2.96. The lowest BCUT2D eigenvalue weighted by Crippen LogP contribution is -2.17. The Labute approximate surface area is 115 Å². The maximum absolute atomic E-state index is 11.2. The first-order valence-corrected chi connectivity index (χ1v) is 7.45. The van der Waals surface area contributed by atoms with E-state index in [1.54, 1.807) is 0 Å². The van der Waals surface area contributed by atoms with E-state index in [1.807, 2.05) is 0 Å². The van der Waals surface area contributed by atoms with Gasteiger partial charge in [-0.05, 0) is 12.1 Å². The fourth-order valence-electron chi connectivity index (χ4n) is 1.61. The van der Waals surface area contributed by atoms with E-state index < -0.39 is 10.0 Å². The third-order valence-corrected chi connectivity index (χ3v) is 4.43. The zero-order chi connectivity index (χ0) is 13.3. The van der Waals surface area contributed by atoms with Crippen LogP contribution < -0.4 is 9.88 Å². The van der Waals surface area contributed by atoms with Crippen LogP contribution in [0.4, 0.5) is 0 Å². The summed E-state index contributed by atoms with van der Waals surface area (Å²) in [5, 5.41) is 4.92. The van der Waals surface area contributed by atoms with E-state index in [2.05, 4.69) is 0 Å². The van der Waals surface area contributed by atoms with Crippen LogP contribution in [0.15, 0.2) is 17.0 Å². The Bertz CT molecular complexity index is 555. The molecule has 1 saturated heterocycles. The second kappa shape index (κ2) is 5.22. The molecule has 1 fully saturated rings. The number of nitrogens with two attached hydrogens (primary N) is 1. The number of ether oxygens (including phenoxy) is 2. The molecule has 1 heterocycles. The predicted molar refractivity (Wildman–Crippen MR) is 67.7 cm³/mol. The molecule has 1 atom stereocenters. The topological polar surface area (TPSA) is 78.6 Å². The van der Waals surface area contributed by atoms with Crippen molar-refractivity contribution < 1.29 is 17.9 Å². The third-order valence-electron chi connectivity index (χ3n) is 2.50. The summed E-state index contributed by atoms with van der Waals surface area (Å²) >= 11 is 11.8. The van der Waals surface area contributed by atoms with Crippen LogP contribution in [-0.2, 0) is 14.8 Å².